The van der Waals surface area contributed by atoms with E-state index in [1.165, 1.54) is 11.6 Å². The fraction of sp³-hybridized carbons (Fsp3) is 0.583. The van der Waals surface area contributed by atoms with Crippen molar-refractivity contribution in [3.05, 3.63) is 27.2 Å². The maximum absolute atomic E-state index is 12.2. The lowest BCUT2D eigenvalue weighted by atomic mass is 10.3. The summed E-state index contributed by atoms with van der Waals surface area (Å²) in [6.45, 7) is 5.58. The molecule has 0 spiro atoms. The minimum Gasteiger partial charge on any atom is -0.323 e. The molecule has 1 unspecified atom stereocenters. The monoisotopic (exact) mass is 301 g/mol. The summed E-state index contributed by atoms with van der Waals surface area (Å²) in [7, 11) is 3.10. The standard InChI is InChI=1S/C12H19N5O2.ClH/c1-5-13-8(2)6-17-7-14-10-9(17)11(18)16(4)12(19)15(10)3;/h7-8,13H,5-6H2,1-4H3;1H. The summed E-state index contributed by atoms with van der Waals surface area (Å²) in [6, 6.07) is 0.226. The van der Waals surface area contributed by atoms with E-state index in [4.69, 9.17) is 0 Å². The number of aromatic nitrogens is 4. The number of hydrogen-bond donors (Lipinski definition) is 1. The highest BCUT2D eigenvalue weighted by molar-refractivity contribution is 5.85. The van der Waals surface area contributed by atoms with Crippen LogP contribution in [0.3, 0.4) is 0 Å². The third-order valence-corrected chi connectivity index (χ3v) is 3.24. The van der Waals surface area contributed by atoms with Crippen LogP contribution in [0.4, 0.5) is 0 Å². The summed E-state index contributed by atoms with van der Waals surface area (Å²) >= 11 is 0. The maximum Gasteiger partial charge on any atom is 0.332 e. The highest BCUT2D eigenvalue weighted by Gasteiger charge is 2.15. The Balaban J connectivity index is 0.00000200. The molecule has 1 atom stereocenters. The summed E-state index contributed by atoms with van der Waals surface area (Å²) in [5.74, 6) is 0. The first-order valence-electron chi connectivity index (χ1n) is 6.31. The molecule has 0 aliphatic heterocycles. The van der Waals surface area contributed by atoms with E-state index < -0.39 is 0 Å². The number of fused-ring (bicyclic) bond motifs is 1. The highest BCUT2D eigenvalue weighted by Crippen LogP contribution is 2.06. The summed E-state index contributed by atoms with van der Waals surface area (Å²) in [4.78, 5) is 28.2. The van der Waals surface area contributed by atoms with Gasteiger partial charge in [-0.3, -0.25) is 13.9 Å². The van der Waals surface area contributed by atoms with Gasteiger partial charge in [0.2, 0.25) is 0 Å². The molecule has 2 aromatic heterocycles. The highest BCUT2D eigenvalue weighted by atomic mass is 35.5. The van der Waals surface area contributed by atoms with Gasteiger partial charge in [0.25, 0.3) is 5.56 Å². The van der Waals surface area contributed by atoms with Crippen molar-refractivity contribution in [3.63, 3.8) is 0 Å². The van der Waals surface area contributed by atoms with Crippen molar-refractivity contribution in [2.24, 2.45) is 14.1 Å². The van der Waals surface area contributed by atoms with E-state index in [-0.39, 0.29) is 29.7 Å². The topological polar surface area (TPSA) is 73.8 Å². The lowest BCUT2D eigenvalue weighted by Gasteiger charge is -2.13. The van der Waals surface area contributed by atoms with Crippen molar-refractivity contribution >= 4 is 23.6 Å². The Kier molecular flexibility index (Phi) is 5.13. The molecule has 0 amide bonds. The quantitative estimate of drug-likeness (QED) is 0.852. The summed E-state index contributed by atoms with van der Waals surface area (Å²) in [5.41, 5.74) is 0.230. The SMILES string of the molecule is CCNC(C)Cn1cnc2c1c(=O)n(C)c(=O)n2C.Cl. The molecule has 2 rings (SSSR count). The van der Waals surface area contributed by atoms with Crippen molar-refractivity contribution in [1.82, 2.24) is 24.0 Å². The third-order valence-electron chi connectivity index (χ3n) is 3.24. The Morgan fingerprint density at radius 2 is 1.95 bits per heavy atom. The van der Waals surface area contributed by atoms with Crippen molar-refractivity contribution in [3.8, 4) is 0 Å². The van der Waals surface area contributed by atoms with E-state index in [1.54, 1.807) is 17.9 Å². The van der Waals surface area contributed by atoms with Crippen LogP contribution in [0.25, 0.3) is 11.2 Å². The van der Waals surface area contributed by atoms with Crippen molar-refractivity contribution < 1.29 is 0 Å². The fourth-order valence-corrected chi connectivity index (χ4v) is 2.24. The van der Waals surface area contributed by atoms with Gasteiger partial charge in [-0.05, 0) is 13.5 Å². The molecule has 8 heteroatoms. The van der Waals surface area contributed by atoms with E-state index in [2.05, 4.69) is 10.3 Å². The smallest absolute Gasteiger partial charge is 0.323 e. The first-order chi connectivity index (χ1) is 8.97. The molecule has 2 aromatic rings. The Labute approximate surface area is 122 Å². The van der Waals surface area contributed by atoms with Gasteiger partial charge in [-0.15, -0.1) is 12.4 Å². The molecule has 0 aliphatic carbocycles. The van der Waals surface area contributed by atoms with E-state index in [1.807, 2.05) is 13.8 Å². The van der Waals surface area contributed by atoms with Gasteiger partial charge in [0.05, 0.1) is 6.33 Å². The predicted molar refractivity (Wildman–Crippen MR) is 80.6 cm³/mol. The van der Waals surface area contributed by atoms with Crippen LogP contribution in [0.15, 0.2) is 15.9 Å². The molecular weight excluding hydrogens is 282 g/mol. The molecule has 0 radical (unpaired) electrons. The number of hydrogen-bond acceptors (Lipinski definition) is 4. The number of halogens is 1. The average Bonchev–Trinajstić information content (AvgIpc) is 2.78. The maximum atomic E-state index is 12.2. The molecule has 0 saturated carbocycles. The molecule has 0 bridgehead atoms. The van der Waals surface area contributed by atoms with Gasteiger partial charge in [-0.25, -0.2) is 9.78 Å². The Bertz CT molecular complexity index is 715. The number of nitrogens with one attached hydrogen (secondary N) is 1. The number of imidazole rings is 1. The Hall–Kier alpha value is -1.60. The van der Waals surface area contributed by atoms with Crippen molar-refractivity contribution in [1.29, 1.82) is 0 Å². The van der Waals surface area contributed by atoms with E-state index >= 15 is 0 Å². The lowest BCUT2D eigenvalue weighted by molar-refractivity contribution is 0.494. The minimum atomic E-state index is -0.359. The zero-order chi connectivity index (χ0) is 14.2. The summed E-state index contributed by atoms with van der Waals surface area (Å²) in [6.07, 6.45) is 1.61. The van der Waals surface area contributed by atoms with Crippen molar-refractivity contribution in [2.75, 3.05) is 6.54 Å². The first-order valence-corrected chi connectivity index (χ1v) is 6.31. The normalized spacial score (nSPS) is 12.4. The van der Waals surface area contributed by atoms with E-state index in [0.717, 1.165) is 11.1 Å². The van der Waals surface area contributed by atoms with Crippen molar-refractivity contribution in [2.45, 2.75) is 26.4 Å². The number of nitrogens with zero attached hydrogens (tertiary/aromatic N) is 4. The molecule has 1 N–H and O–H groups in total. The van der Waals surface area contributed by atoms with Crippen LogP contribution in [-0.2, 0) is 20.6 Å². The van der Waals surface area contributed by atoms with Gasteiger partial charge >= 0.3 is 5.69 Å². The van der Waals surface area contributed by atoms with Crippen LogP contribution < -0.4 is 16.6 Å². The second-order valence-corrected chi connectivity index (χ2v) is 4.73. The summed E-state index contributed by atoms with van der Waals surface area (Å²) < 4.78 is 4.30. The van der Waals surface area contributed by atoms with Gasteiger partial charge in [0, 0.05) is 26.7 Å². The molecule has 0 fully saturated rings. The largest absolute Gasteiger partial charge is 0.332 e. The van der Waals surface area contributed by atoms with E-state index in [9.17, 15) is 9.59 Å². The van der Waals surface area contributed by atoms with Crippen LogP contribution >= 0.6 is 12.4 Å². The molecule has 0 aliphatic rings. The molecule has 112 valence electrons. The number of rotatable bonds is 4. The molecule has 2 heterocycles. The number of aryl methyl sites for hydroxylation is 1. The van der Waals surface area contributed by atoms with Crippen LogP contribution in [-0.4, -0.2) is 31.3 Å². The van der Waals surface area contributed by atoms with Crippen LogP contribution in [0, 0.1) is 0 Å². The van der Waals surface area contributed by atoms with Gasteiger partial charge in [-0.1, -0.05) is 6.92 Å². The molecule has 0 aromatic carbocycles. The predicted octanol–water partition coefficient (Wildman–Crippen LogP) is -0.147. The average molecular weight is 302 g/mol. The molecule has 20 heavy (non-hydrogen) atoms. The zero-order valence-electron chi connectivity index (χ0n) is 12.1. The second kappa shape index (κ2) is 6.23. The van der Waals surface area contributed by atoms with Crippen LogP contribution in [0.2, 0.25) is 0 Å². The lowest BCUT2D eigenvalue weighted by Crippen LogP contribution is -2.38. The summed E-state index contributed by atoms with van der Waals surface area (Å²) in [5, 5.41) is 3.28. The van der Waals surface area contributed by atoms with Gasteiger partial charge < -0.3 is 9.88 Å². The Morgan fingerprint density at radius 3 is 2.55 bits per heavy atom. The zero-order valence-corrected chi connectivity index (χ0v) is 12.9. The van der Waals surface area contributed by atoms with Gasteiger partial charge in [0.15, 0.2) is 11.2 Å². The van der Waals surface area contributed by atoms with Gasteiger partial charge in [-0.2, -0.15) is 0 Å². The third kappa shape index (κ3) is 2.64. The van der Waals surface area contributed by atoms with E-state index in [0.29, 0.717) is 17.7 Å². The molecule has 0 saturated heterocycles. The van der Waals surface area contributed by atoms with Gasteiger partial charge in [0.1, 0.15) is 0 Å². The Morgan fingerprint density at radius 1 is 1.30 bits per heavy atom. The van der Waals surface area contributed by atoms with Crippen LogP contribution in [0.1, 0.15) is 13.8 Å². The number of likely N-dealkylation sites (N-methyl/N-ethyl adjacent to an activating group) is 1. The second-order valence-electron chi connectivity index (χ2n) is 4.73. The molecule has 7 nitrogen and oxygen atoms in total. The first kappa shape index (κ1) is 16.5. The van der Waals surface area contributed by atoms with Crippen LogP contribution in [0.5, 0.6) is 0 Å². The minimum absolute atomic E-state index is 0. The fourth-order valence-electron chi connectivity index (χ4n) is 2.24. The molecular formula is C12H20ClN5O2.